The van der Waals surface area contributed by atoms with E-state index in [1.165, 1.54) is 25.0 Å². The summed E-state index contributed by atoms with van der Waals surface area (Å²) in [7, 11) is -2.54. The van der Waals surface area contributed by atoms with E-state index < -0.39 is 19.5 Å². The van der Waals surface area contributed by atoms with E-state index in [0.29, 0.717) is 17.0 Å². The maximum Gasteiger partial charge on any atom is 0.212 e. The summed E-state index contributed by atoms with van der Waals surface area (Å²) in [5.41, 5.74) is 0.977. The Bertz CT molecular complexity index is 1450. The molecule has 0 fully saturated rings. The van der Waals surface area contributed by atoms with Gasteiger partial charge in [0.05, 0.1) is 13.3 Å². The molecule has 6 rings (SSSR count). The van der Waals surface area contributed by atoms with Gasteiger partial charge >= 0.3 is 0 Å². The van der Waals surface area contributed by atoms with Crippen LogP contribution in [0.25, 0.3) is 11.2 Å². The Morgan fingerprint density at radius 1 is 0.771 bits per heavy atom. The van der Waals surface area contributed by atoms with Crippen molar-refractivity contribution in [1.29, 1.82) is 0 Å². The largest absolute Gasteiger partial charge is 0.474 e. The molecule has 1 aliphatic rings. The molecular formula is C27H21FN5OP. The highest BCUT2D eigenvalue weighted by atomic mass is 31.2. The van der Waals surface area contributed by atoms with Crippen molar-refractivity contribution in [3.8, 4) is 0 Å². The first-order chi connectivity index (χ1) is 17.3. The van der Waals surface area contributed by atoms with E-state index in [0.717, 1.165) is 15.9 Å². The summed E-state index contributed by atoms with van der Waals surface area (Å²) in [5.74, 6) is 0.458. The number of halogens is 1. The second-order valence-corrected chi connectivity index (χ2v) is 11.1. The van der Waals surface area contributed by atoms with Gasteiger partial charge in [0.25, 0.3) is 0 Å². The van der Waals surface area contributed by atoms with Crippen LogP contribution in [0.1, 0.15) is 6.23 Å². The van der Waals surface area contributed by atoms with Crippen molar-refractivity contribution in [2.24, 2.45) is 4.74 Å². The maximum atomic E-state index is 14.4. The smallest absolute Gasteiger partial charge is 0.212 e. The van der Waals surface area contributed by atoms with Gasteiger partial charge in [0.15, 0.2) is 23.2 Å². The van der Waals surface area contributed by atoms with Crippen molar-refractivity contribution in [3.63, 3.8) is 0 Å². The zero-order valence-corrected chi connectivity index (χ0v) is 19.5. The Morgan fingerprint density at radius 2 is 1.34 bits per heavy atom. The first kappa shape index (κ1) is 21.4. The lowest BCUT2D eigenvalue weighted by Crippen LogP contribution is -2.25. The summed E-state index contributed by atoms with van der Waals surface area (Å²) >= 11 is 0. The number of rotatable bonds is 5. The van der Waals surface area contributed by atoms with E-state index in [1.54, 1.807) is 4.57 Å². The summed E-state index contributed by atoms with van der Waals surface area (Å²) in [6.45, 7) is 0. The fourth-order valence-electron chi connectivity index (χ4n) is 4.38. The molecule has 0 amide bonds. The molecule has 0 radical (unpaired) electrons. The minimum atomic E-state index is -2.54. The molecule has 3 heterocycles. The summed E-state index contributed by atoms with van der Waals surface area (Å²) in [6, 6.07) is 30.8. The molecule has 2 atom stereocenters. The van der Waals surface area contributed by atoms with Crippen LogP contribution in [0.2, 0.25) is 0 Å². The zero-order valence-electron chi connectivity index (χ0n) is 18.6. The van der Waals surface area contributed by atoms with E-state index in [2.05, 4.69) is 51.4 Å². The van der Waals surface area contributed by atoms with Gasteiger partial charge in [-0.2, -0.15) is 0 Å². The van der Waals surface area contributed by atoms with Crippen LogP contribution in [-0.2, 0) is 4.74 Å². The predicted octanol–water partition coefficient (Wildman–Crippen LogP) is 5.02. The molecule has 8 heteroatoms. The van der Waals surface area contributed by atoms with E-state index in [9.17, 15) is 4.39 Å². The molecule has 2 aromatic heterocycles. The Balaban J connectivity index is 1.67. The molecule has 0 bridgehead atoms. The zero-order chi connectivity index (χ0) is 23.7. The van der Waals surface area contributed by atoms with Crippen LogP contribution in [0.3, 0.4) is 0 Å². The average Bonchev–Trinajstić information content (AvgIpc) is 3.55. The Labute approximate surface area is 201 Å². The minimum Gasteiger partial charge on any atom is -0.474 e. The lowest BCUT2D eigenvalue weighted by atomic mass is 10.3. The molecular weight excluding hydrogens is 460 g/mol. The quantitative estimate of drug-likeness (QED) is 0.331. The topological polar surface area (TPSA) is 65.2 Å². The molecule has 3 aromatic carbocycles. The molecule has 6 nitrogen and oxygen atoms in total. The fraction of sp³-hybridized carbons (Fsp3) is 0.0741. The first-order valence-corrected chi connectivity index (χ1v) is 12.9. The van der Waals surface area contributed by atoms with Crippen molar-refractivity contribution in [2.45, 2.75) is 12.4 Å². The Morgan fingerprint density at radius 3 is 1.86 bits per heavy atom. The summed E-state index contributed by atoms with van der Waals surface area (Å²) in [5, 5.41) is 3.28. The van der Waals surface area contributed by atoms with E-state index in [4.69, 9.17) is 9.48 Å². The molecule has 35 heavy (non-hydrogen) atoms. The van der Waals surface area contributed by atoms with Gasteiger partial charge in [0.1, 0.15) is 12.7 Å². The highest BCUT2D eigenvalue weighted by Crippen LogP contribution is 2.49. The highest BCUT2D eigenvalue weighted by Gasteiger charge is 2.30. The minimum absolute atomic E-state index is 0.458. The number of hydrogen-bond donors (Lipinski definition) is 0. The van der Waals surface area contributed by atoms with Crippen LogP contribution in [0.15, 0.2) is 121 Å². The SMILES string of the molecule is F[C@H]1C=CO[C@H]1n1cnc2c(N=P(c3ccccc3)(c3ccccc3)c3ccccc3)ncnc21. The van der Waals surface area contributed by atoms with E-state index >= 15 is 0 Å². The average molecular weight is 481 g/mol. The van der Waals surface area contributed by atoms with Gasteiger partial charge in [0.2, 0.25) is 6.23 Å². The summed E-state index contributed by atoms with van der Waals surface area (Å²) in [4.78, 5) is 13.5. The molecule has 0 spiro atoms. The third-order valence-electron chi connectivity index (χ3n) is 6.00. The lowest BCUT2D eigenvalue weighted by molar-refractivity contribution is 0.0541. The monoisotopic (exact) mass is 481 g/mol. The van der Waals surface area contributed by atoms with Crippen molar-refractivity contribution in [3.05, 3.63) is 116 Å². The summed E-state index contributed by atoms with van der Waals surface area (Å²) < 4.78 is 26.9. The maximum absolute atomic E-state index is 14.4. The van der Waals surface area contributed by atoms with Crippen molar-refractivity contribution in [1.82, 2.24) is 19.5 Å². The van der Waals surface area contributed by atoms with Crippen LogP contribution < -0.4 is 15.9 Å². The molecule has 0 unspecified atom stereocenters. The van der Waals surface area contributed by atoms with Gasteiger partial charge in [-0.05, 0) is 6.08 Å². The Kier molecular flexibility index (Phi) is 5.47. The molecule has 5 aromatic rings. The van der Waals surface area contributed by atoms with Gasteiger partial charge in [-0.25, -0.2) is 24.1 Å². The fourth-order valence-corrected chi connectivity index (χ4v) is 7.86. The molecule has 0 aliphatic carbocycles. The molecule has 172 valence electrons. The molecule has 0 N–H and O–H groups in total. The highest BCUT2D eigenvalue weighted by molar-refractivity contribution is 7.87. The number of hydrogen-bond acceptors (Lipinski definition) is 5. The Hall–Kier alpha value is -4.09. The van der Waals surface area contributed by atoms with Gasteiger partial charge in [-0.15, -0.1) is 0 Å². The third kappa shape index (κ3) is 3.65. The lowest BCUT2D eigenvalue weighted by Gasteiger charge is -2.26. The van der Waals surface area contributed by atoms with Crippen LogP contribution in [0, 0.1) is 0 Å². The number of aromatic nitrogens is 4. The number of alkyl halides is 1. The van der Waals surface area contributed by atoms with Gasteiger partial charge in [0, 0.05) is 15.9 Å². The molecule has 0 saturated heterocycles. The van der Waals surface area contributed by atoms with Crippen molar-refractivity contribution < 1.29 is 9.13 Å². The first-order valence-electron chi connectivity index (χ1n) is 11.2. The normalized spacial score (nSPS) is 17.4. The predicted molar refractivity (Wildman–Crippen MR) is 137 cm³/mol. The number of ether oxygens (including phenoxy) is 1. The van der Waals surface area contributed by atoms with Crippen molar-refractivity contribution >= 4 is 39.9 Å². The van der Waals surface area contributed by atoms with Crippen LogP contribution in [-0.4, -0.2) is 25.7 Å². The van der Waals surface area contributed by atoms with Crippen LogP contribution in [0.5, 0.6) is 0 Å². The number of nitrogens with zero attached hydrogens (tertiary/aromatic N) is 5. The number of fused-ring (bicyclic) bond motifs is 1. The molecule has 1 aliphatic heterocycles. The van der Waals surface area contributed by atoms with Gasteiger partial charge < -0.3 is 4.74 Å². The molecule has 0 saturated carbocycles. The van der Waals surface area contributed by atoms with Gasteiger partial charge in [-0.3, -0.25) is 4.57 Å². The van der Waals surface area contributed by atoms with Gasteiger partial charge in [-0.1, -0.05) is 91.0 Å². The van der Waals surface area contributed by atoms with Crippen LogP contribution >= 0.6 is 7.05 Å². The standard InChI is InChI=1S/C27H21FN5OP/c28-23-16-17-34-27(23)33-19-31-24-25(29-18-30-26(24)33)32-35(20-10-4-1-5-11-20,21-12-6-2-7-13-21)22-14-8-3-9-15-22/h1-19,23,27H/t23-,27+/m0/s1. The second kappa shape index (κ2) is 8.93. The third-order valence-corrected chi connectivity index (χ3v) is 9.63. The van der Waals surface area contributed by atoms with Crippen LogP contribution in [0.4, 0.5) is 10.2 Å². The second-order valence-electron chi connectivity index (χ2n) is 8.06. The van der Waals surface area contributed by atoms with E-state index in [1.807, 2.05) is 54.6 Å². The van der Waals surface area contributed by atoms with Crippen molar-refractivity contribution in [2.75, 3.05) is 0 Å². The van der Waals surface area contributed by atoms with E-state index in [-0.39, 0.29) is 0 Å². The number of benzene rings is 3. The summed E-state index contributed by atoms with van der Waals surface area (Å²) in [6.07, 6.45) is 3.59. The number of imidazole rings is 1.